The Balaban J connectivity index is 2.78. The zero-order valence-corrected chi connectivity index (χ0v) is 8.45. The predicted octanol–water partition coefficient (Wildman–Crippen LogP) is 1.51. The van der Waals surface area contributed by atoms with E-state index in [9.17, 15) is 4.79 Å². The molecule has 3 heteroatoms. The highest BCUT2D eigenvalue weighted by atomic mass is 16.2. The molecule has 1 amide bonds. The minimum atomic E-state index is 0.116. The van der Waals surface area contributed by atoms with Crippen LogP contribution in [0, 0.1) is 0 Å². The highest BCUT2D eigenvalue weighted by molar-refractivity contribution is 5.94. The standard InChI is InChI=1S/C10H16N2O/c1-4-12(5-2)10(13)9-6-7-11(3)8-9/h6-8H,4-5H2,1-3H3. The second-order valence-corrected chi connectivity index (χ2v) is 3.04. The van der Waals surface area contributed by atoms with Crippen LogP contribution in [0.2, 0.25) is 0 Å². The van der Waals surface area contributed by atoms with Crippen LogP contribution in [0.25, 0.3) is 0 Å². The van der Waals surface area contributed by atoms with E-state index >= 15 is 0 Å². The summed E-state index contributed by atoms with van der Waals surface area (Å²) in [5.41, 5.74) is 0.770. The molecule has 0 fully saturated rings. The Kier molecular flexibility index (Phi) is 3.12. The number of carbonyl (C=O) groups is 1. The molecule has 0 atom stereocenters. The molecule has 0 aliphatic carbocycles. The number of amides is 1. The van der Waals surface area contributed by atoms with E-state index in [1.807, 2.05) is 48.8 Å². The molecule has 72 valence electrons. The van der Waals surface area contributed by atoms with Crippen molar-refractivity contribution in [2.45, 2.75) is 13.8 Å². The van der Waals surface area contributed by atoms with Gasteiger partial charge < -0.3 is 9.47 Å². The Labute approximate surface area is 79.0 Å². The van der Waals surface area contributed by atoms with Crippen LogP contribution in [0.1, 0.15) is 24.2 Å². The number of hydrogen-bond donors (Lipinski definition) is 0. The molecule has 1 rings (SSSR count). The largest absolute Gasteiger partial charge is 0.356 e. The Morgan fingerprint density at radius 3 is 2.46 bits per heavy atom. The average Bonchev–Trinajstić information content (AvgIpc) is 2.54. The average molecular weight is 180 g/mol. The van der Waals surface area contributed by atoms with Gasteiger partial charge in [0.1, 0.15) is 0 Å². The van der Waals surface area contributed by atoms with Crippen molar-refractivity contribution in [1.82, 2.24) is 9.47 Å². The molecular weight excluding hydrogens is 164 g/mol. The third kappa shape index (κ3) is 2.11. The van der Waals surface area contributed by atoms with E-state index in [2.05, 4.69) is 0 Å². The van der Waals surface area contributed by atoms with Gasteiger partial charge in [0.25, 0.3) is 5.91 Å². The van der Waals surface area contributed by atoms with Gasteiger partial charge in [0.15, 0.2) is 0 Å². The van der Waals surface area contributed by atoms with Gasteiger partial charge >= 0.3 is 0 Å². The van der Waals surface area contributed by atoms with Crippen molar-refractivity contribution in [3.8, 4) is 0 Å². The molecule has 1 aromatic rings. The van der Waals surface area contributed by atoms with Gasteiger partial charge in [0.05, 0.1) is 5.56 Å². The van der Waals surface area contributed by atoms with E-state index in [0.717, 1.165) is 18.7 Å². The second-order valence-electron chi connectivity index (χ2n) is 3.04. The summed E-state index contributed by atoms with van der Waals surface area (Å²) in [5.74, 6) is 0.116. The van der Waals surface area contributed by atoms with Crippen LogP contribution in [0.4, 0.5) is 0 Å². The molecule has 0 aliphatic rings. The van der Waals surface area contributed by atoms with E-state index in [1.54, 1.807) is 0 Å². The van der Waals surface area contributed by atoms with Gasteiger partial charge in [-0.25, -0.2) is 0 Å². The van der Waals surface area contributed by atoms with Crippen molar-refractivity contribution >= 4 is 5.91 Å². The van der Waals surface area contributed by atoms with Crippen LogP contribution < -0.4 is 0 Å². The molecule has 13 heavy (non-hydrogen) atoms. The Morgan fingerprint density at radius 1 is 1.46 bits per heavy atom. The molecule has 0 aliphatic heterocycles. The van der Waals surface area contributed by atoms with Gasteiger partial charge in [0.2, 0.25) is 0 Å². The van der Waals surface area contributed by atoms with E-state index in [-0.39, 0.29) is 5.91 Å². The van der Waals surface area contributed by atoms with Crippen molar-refractivity contribution in [2.75, 3.05) is 13.1 Å². The van der Waals surface area contributed by atoms with Gasteiger partial charge in [-0.2, -0.15) is 0 Å². The third-order valence-electron chi connectivity index (χ3n) is 2.13. The van der Waals surface area contributed by atoms with Crippen molar-refractivity contribution in [3.05, 3.63) is 24.0 Å². The summed E-state index contributed by atoms with van der Waals surface area (Å²) in [5, 5.41) is 0. The maximum Gasteiger partial charge on any atom is 0.255 e. The number of rotatable bonds is 3. The van der Waals surface area contributed by atoms with Crippen LogP contribution in [0.3, 0.4) is 0 Å². The summed E-state index contributed by atoms with van der Waals surface area (Å²) >= 11 is 0. The van der Waals surface area contributed by atoms with Crippen molar-refractivity contribution < 1.29 is 4.79 Å². The molecule has 0 radical (unpaired) electrons. The highest BCUT2D eigenvalue weighted by Crippen LogP contribution is 2.04. The van der Waals surface area contributed by atoms with Crippen LogP contribution in [0.15, 0.2) is 18.5 Å². The van der Waals surface area contributed by atoms with Gasteiger partial charge in [-0.15, -0.1) is 0 Å². The Morgan fingerprint density at radius 2 is 2.08 bits per heavy atom. The number of aromatic nitrogens is 1. The molecular formula is C10H16N2O. The zero-order chi connectivity index (χ0) is 9.84. The second kappa shape index (κ2) is 4.12. The molecule has 1 heterocycles. The highest BCUT2D eigenvalue weighted by Gasteiger charge is 2.12. The number of nitrogens with zero attached hydrogens (tertiary/aromatic N) is 2. The summed E-state index contributed by atoms with van der Waals surface area (Å²) in [6.07, 6.45) is 3.73. The van der Waals surface area contributed by atoms with Crippen LogP contribution in [0.5, 0.6) is 0 Å². The zero-order valence-electron chi connectivity index (χ0n) is 8.45. The maximum absolute atomic E-state index is 11.7. The molecule has 0 saturated carbocycles. The smallest absolute Gasteiger partial charge is 0.255 e. The van der Waals surface area contributed by atoms with E-state index in [4.69, 9.17) is 0 Å². The predicted molar refractivity (Wildman–Crippen MR) is 52.7 cm³/mol. The fourth-order valence-corrected chi connectivity index (χ4v) is 1.32. The number of carbonyl (C=O) groups excluding carboxylic acids is 1. The minimum absolute atomic E-state index is 0.116. The summed E-state index contributed by atoms with van der Waals surface area (Å²) in [6.45, 7) is 5.52. The molecule has 0 aromatic carbocycles. The lowest BCUT2D eigenvalue weighted by molar-refractivity contribution is 0.0773. The number of aryl methyl sites for hydroxylation is 1. The normalized spacial score (nSPS) is 10.1. The first-order valence-corrected chi connectivity index (χ1v) is 4.60. The fraction of sp³-hybridized carbons (Fsp3) is 0.500. The summed E-state index contributed by atoms with van der Waals surface area (Å²) in [7, 11) is 1.92. The number of hydrogen-bond acceptors (Lipinski definition) is 1. The first-order valence-electron chi connectivity index (χ1n) is 4.60. The summed E-state index contributed by atoms with van der Waals surface area (Å²) < 4.78 is 1.89. The van der Waals surface area contributed by atoms with Crippen molar-refractivity contribution in [1.29, 1.82) is 0 Å². The maximum atomic E-state index is 11.7. The summed E-state index contributed by atoms with van der Waals surface area (Å²) in [6, 6.07) is 1.85. The molecule has 0 unspecified atom stereocenters. The quantitative estimate of drug-likeness (QED) is 0.692. The van der Waals surface area contributed by atoms with E-state index < -0.39 is 0 Å². The lowest BCUT2D eigenvalue weighted by atomic mass is 10.3. The van der Waals surface area contributed by atoms with Gasteiger partial charge in [-0.3, -0.25) is 4.79 Å². The first kappa shape index (κ1) is 9.84. The van der Waals surface area contributed by atoms with Gasteiger partial charge in [-0.1, -0.05) is 0 Å². The molecule has 0 spiro atoms. The fourth-order valence-electron chi connectivity index (χ4n) is 1.32. The third-order valence-corrected chi connectivity index (χ3v) is 2.13. The van der Waals surface area contributed by atoms with E-state index in [0.29, 0.717) is 0 Å². The first-order chi connectivity index (χ1) is 6.19. The van der Waals surface area contributed by atoms with Crippen LogP contribution >= 0.6 is 0 Å². The molecule has 0 saturated heterocycles. The van der Waals surface area contributed by atoms with Gasteiger partial charge in [0, 0.05) is 32.5 Å². The topological polar surface area (TPSA) is 25.2 Å². The van der Waals surface area contributed by atoms with Crippen molar-refractivity contribution in [2.24, 2.45) is 7.05 Å². The molecule has 3 nitrogen and oxygen atoms in total. The molecule has 0 bridgehead atoms. The monoisotopic (exact) mass is 180 g/mol. The SMILES string of the molecule is CCN(CC)C(=O)c1ccn(C)c1. The summed E-state index contributed by atoms with van der Waals surface area (Å²) in [4.78, 5) is 13.5. The van der Waals surface area contributed by atoms with Crippen LogP contribution in [-0.2, 0) is 7.05 Å². The molecule has 0 N–H and O–H groups in total. The van der Waals surface area contributed by atoms with E-state index in [1.165, 1.54) is 0 Å². The van der Waals surface area contributed by atoms with Crippen LogP contribution in [-0.4, -0.2) is 28.5 Å². The van der Waals surface area contributed by atoms with Gasteiger partial charge in [-0.05, 0) is 19.9 Å². The Hall–Kier alpha value is -1.25. The molecule has 1 aromatic heterocycles. The lowest BCUT2D eigenvalue weighted by Gasteiger charge is -2.17. The lowest BCUT2D eigenvalue weighted by Crippen LogP contribution is -2.30. The Bertz CT molecular complexity index is 287. The van der Waals surface area contributed by atoms with Crippen molar-refractivity contribution in [3.63, 3.8) is 0 Å². The minimum Gasteiger partial charge on any atom is -0.356 e.